The van der Waals surface area contributed by atoms with Crippen molar-refractivity contribution >= 4 is 34.8 Å². The Bertz CT molecular complexity index is 1200. The number of methoxy groups -OCH3 is 1. The van der Waals surface area contributed by atoms with Gasteiger partial charge in [0, 0.05) is 24.7 Å². The molecule has 36 heavy (non-hydrogen) atoms. The SMILES string of the molecule is CCOc1cc(NNC(=O)[C@H]2CC(=O)N(c3ccc(OC)cc3)C2)cc(Cl)c1OCc1ccccc1. The van der Waals surface area contributed by atoms with E-state index in [1.165, 1.54) is 0 Å². The van der Waals surface area contributed by atoms with E-state index in [0.717, 1.165) is 11.3 Å². The second kappa shape index (κ2) is 11.7. The van der Waals surface area contributed by atoms with Crippen LogP contribution in [0.1, 0.15) is 18.9 Å². The molecule has 1 aliphatic rings. The second-order valence-corrected chi connectivity index (χ2v) is 8.62. The van der Waals surface area contributed by atoms with Gasteiger partial charge in [-0.15, -0.1) is 0 Å². The molecule has 1 aliphatic heterocycles. The third kappa shape index (κ3) is 6.01. The van der Waals surface area contributed by atoms with Gasteiger partial charge in [0.2, 0.25) is 11.8 Å². The van der Waals surface area contributed by atoms with Gasteiger partial charge in [0.05, 0.1) is 30.3 Å². The summed E-state index contributed by atoms with van der Waals surface area (Å²) in [4.78, 5) is 26.9. The number of hydrogen-bond donors (Lipinski definition) is 2. The molecule has 1 saturated heterocycles. The lowest BCUT2D eigenvalue weighted by Gasteiger charge is -2.18. The fourth-order valence-electron chi connectivity index (χ4n) is 3.90. The van der Waals surface area contributed by atoms with Crippen molar-refractivity contribution in [3.05, 3.63) is 77.3 Å². The number of halogens is 1. The summed E-state index contributed by atoms with van der Waals surface area (Å²) < 4.78 is 16.8. The van der Waals surface area contributed by atoms with Crippen molar-refractivity contribution in [1.82, 2.24) is 5.43 Å². The van der Waals surface area contributed by atoms with Crippen molar-refractivity contribution in [3.63, 3.8) is 0 Å². The molecule has 1 atom stereocenters. The molecule has 0 radical (unpaired) electrons. The van der Waals surface area contributed by atoms with E-state index in [2.05, 4.69) is 10.9 Å². The molecule has 2 amide bonds. The average Bonchev–Trinajstić information content (AvgIpc) is 3.29. The van der Waals surface area contributed by atoms with Gasteiger partial charge in [0.1, 0.15) is 12.4 Å². The van der Waals surface area contributed by atoms with E-state index in [1.807, 2.05) is 37.3 Å². The summed E-state index contributed by atoms with van der Waals surface area (Å²) in [6.45, 7) is 2.90. The zero-order chi connectivity index (χ0) is 25.5. The van der Waals surface area contributed by atoms with Crippen LogP contribution in [0.4, 0.5) is 11.4 Å². The maximum Gasteiger partial charge on any atom is 0.243 e. The number of anilines is 2. The highest BCUT2D eigenvalue weighted by Crippen LogP contribution is 2.39. The number of rotatable bonds is 10. The number of hydrazine groups is 1. The number of hydrogen-bond acceptors (Lipinski definition) is 6. The van der Waals surface area contributed by atoms with Gasteiger partial charge in [-0.3, -0.25) is 20.4 Å². The highest BCUT2D eigenvalue weighted by molar-refractivity contribution is 6.32. The molecule has 4 rings (SSSR count). The van der Waals surface area contributed by atoms with Gasteiger partial charge >= 0.3 is 0 Å². The molecule has 8 nitrogen and oxygen atoms in total. The van der Waals surface area contributed by atoms with Crippen LogP contribution < -0.4 is 30.0 Å². The van der Waals surface area contributed by atoms with Gasteiger partial charge in [0.25, 0.3) is 0 Å². The summed E-state index contributed by atoms with van der Waals surface area (Å²) in [5, 5.41) is 0.343. The highest BCUT2D eigenvalue weighted by Gasteiger charge is 2.35. The first-order chi connectivity index (χ1) is 17.5. The lowest BCUT2D eigenvalue weighted by molar-refractivity contribution is -0.125. The number of benzene rings is 3. The standard InChI is InChI=1S/C27H28ClN3O5/c1-3-35-24-15-20(14-23(28)26(24)36-17-18-7-5-4-6-8-18)29-30-27(33)19-13-25(32)31(16-19)21-9-11-22(34-2)12-10-21/h4-12,14-15,19,29H,3,13,16-17H2,1-2H3,(H,30,33)/t19-/m0/s1. The summed E-state index contributed by atoms with van der Waals surface area (Å²) in [7, 11) is 1.58. The third-order valence-corrected chi connectivity index (χ3v) is 6.03. The number of nitrogens with one attached hydrogen (secondary N) is 2. The first-order valence-corrected chi connectivity index (χ1v) is 12.0. The first-order valence-electron chi connectivity index (χ1n) is 11.6. The molecule has 188 valence electrons. The Hall–Kier alpha value is -3.91. The summed E-state index contributed by atoms with van der Waals surface area (Å²) >= 11 is 6.49. The molecule has 9 heteroatoms. The molecular weight excluding hydrogens is 482 g/mol. The molecule has 3 aromatic rings. The molecule has 0 bridgehead atoms. The number of amides is 2. The summed E-state index contributed by atoms with van der Waals surface area (Å²) in [6.07, 6.45) is 0.122. The Morgan fingerprint density at radius 1 is 1.08 bits per heavy atom. The normalized spacial score (nSPS) is 14.9. The minimum absolute atomic E-state index is 0.109. The fraction of sp³-hybridized carbons (Fsp3) is 0.259. The molecule has 0 spiro atoms. The minimum atomic E-state index is -0.498. The maximum absolute atomic E-state index is 12.8. The van der Waals surface area contributed by atoms with Crippen molar-refractivity contribution in [1.29, 1.82) is 0 Å². The van der Waals surface area contributed by atoms with Crippen molar-refractivity contribution in [2.45, 2.75) is 20.0 Å². The van der Waals surface area contributed by atoms with Crippen LogP contribution in [0.25, 0.3) is 0 Å². The van der Waals surface area contributed by atoms with Crippen molar-refractivity contribution in [3.8, 4) is 17.2 Å². The van der Waals surface area contributed by atoms with E-state index in [1.54, 1.807) is 48.4 Å². The zero-order valence-electron chi connectivity index (χ0n) is 20.1. The Balaban J connectivity index is 1.38. The van der Waals surface area contributed by atoms with Crippen LogP contribution in [0.2, 0.25) is 5.02 Å². The predicted molar refractivity (Wildman–Crippen MR) is 139 cm³/mol. The van der Waals surface area contributed by atoms with Gasteiger partial charge in [-0.2, -0.15) is 0 Å². The Kier molecular flexibility index (Phi) is 8.17. The lowest BCUT2D eigenvalue weighted by atomic mass is 10.1. The Morgan fingerprint density at radius 3 is 2.53 bits per heavy atom. The molecule has 2 N–H and O–H groups in total. The smallest absolute Gasteiger partial charge is 0.243 e. The number of nitrogens with zero attached hydrogens (tertiary/aromatic N) is 1. The van der Waals surface area contributed by atoms with E-state index >= 15 is 0 Å². The van der Waals surface area contributed by atoms with E-state index in [0.29, 0.717) is 41.2 Å². The van der Waals surface area contributed by atoms with Crippen LogP contribution >= 0.6 is 11.6 Å². The minimum Gasteiger partial charge on any atom is -0.497 e. The second-order valence-electron chi connectivity index (χ2n) is 8.21. The highest BCUT2D eigenvalue weighted by atomic mass is 35.5. The number of ether oxygens (including phenoxy) is 3. The van der Waals surface area contributed by atoms with Gasteiger partial charge < -0.3 is 19.1 Å². The molecule has 3 aromatic carbocycles. The predicted octanol–water partition coefficient (Wildman–Crippen LogP) is 4.82. The Morgan fingerprint density at radius 2 is 1.83 bits per heavy atom. The van der Waals surface area contributed by atoms with Gasteiger partial charge in [-0.05, 0) is 42.8 Å². The Labute approximate surface area is 215 Å². The monoisotopic (exact) mass is 509 g/mol. The largest absolute Gasteiger partial charge is 0.497 e. The third-order valence-electron chi connectivity index (χ3n) is 5.75. The van der Waals surface area contributed by atoms with E-state index in [9.17, 15) is 9.59 Å². The van der Waals surface area contributed by atoms with Crippen LogP contribution in [-0.2, 0) is 16.2 Å². The molecule has 0 aliphatic carbocycles. The quantitative estimate of drug-likeness (QED) is 0.381. The van der Waals surface area contributed by atoms with E-state index in [-0.39, 0.29) is 24.8 Å². The molecule has 0 aromatic heterocycles. The first kappa shape index (κ1) is 25.2. The van der Waals surface area contributed by atoms with Crippen LogP contribution in [0.3, 0.4) is 0 Å². The summed E-state index contributed by atoms with van der Waals surface area (Å²) in [5.41, 5.74) is 7.82. The van der Waals surface area contributed by atoms with Crippen LogP contribution in [0.15, 0.2) is 66.7 Å². The van der Waals surface area contributed by atoms with Gasteiger partial charge in [-0.25, -0.2) is 0 Å². The fourth-order valence-corrected chi connectivity index (χ4v) is 4.17. The van der Waals surface area contributed by atoms with Gasteiger partial charge in [-0.1, -0.05) is 41.9 Å². The molecular formula is C27H28ClN3O5. The summed E-state index contributed by atoms with van der Waals surface area (Å²) in [6, 6.07) is 20.3. The van der Waals surface area contributed by atoms with Crippen LogP contribution in [0, 0.1) is 5.92 Å². The van der Waals surface area contributed by atoms with Gasteiger partial charge in [0.15, 0.2) is 11.5 Å². The number of carbonyl (C=O) groups is 2. The van der Waals surface area contributed by atoms with Crippen LogP contribution in [0.5, 0.6) is 17.2 Å². The molecule has 0 saturated carbocycles. The summed E-state index contributed by atoms with van der Waals surface area (Å²) in [5.74, 6) is 0.683. The van der Waals surface area contributed by atoms with Crippen molar-refractivity contribution in [2.24, 2.45) is 5.92 Å². The van der Waals surface area contributed by atoms with E-state index < -0.39 is 5.92 Å². The number of carbonyl (C=O) groups excluding carboxylic acids is 2. The molecule has 1 fully saturated rings. The maximum atomic E-state index is 12.8. The molecule has 0 unspecified atom stereocenters. The van der Waals surface area contributed by atoms with Crippen molar-refractivity contribution < 1.29 is 23.8 Å². The lowest BCUT2D eigenvalue weighted by Crippen LogP contribution is -2.36. The van der Waals surface area contributed by atoms with E-state index in [4.69, 9.17) is 25.8 Å². The average molecular weight is 510 g/mol. The van der Waals surface area contributed by atoms with Crippen LogP contribution in [-0.4, -0.2) is 32.1 Å². The zero-order valence-corrected chi connectivity index (χ0v) is 20.9. The molecule has 1 heterocycles. The van der Waals surface area contributed by atoms with Crippen molar-refractivity contribution in [2.75, 3.05) is 30.6 Å². The topological polar surface area (TPSA) is 89.1 Å².